The molecule has 24 heavy (non-hydrogen) atoms. The van der Waals surface area contributed by atoms with Gasteiger partial charge in [-0.2, -0.15) is 0 Å². The number of para-hydroxylation sites is 1. The minimum absolute atomic E-state index is 0.288. The van der Waals surface area contributed by atoms with Crippen molar-refractivity contribution in [1.29, 1.82) is 0 Å². The first-order valence-corrected chi connectivity index (χ1v) is 8.08. The number of phenolic OH excluding ortho intramolecular Hbond substituents is 1. The third-order valence-electron chi connectivity index (χ3n) is 4.83. The second-order valence-electron chi connectivity index (χ2n) is 6.24. The molecule has 0 radical (unpaired) electrons. The number of benzene rings is 3. The zero-order chi connectivity index (χ0) is 16.1. The van der Waals surface area contributed by atoms with Crippen LogP contribution in [-0.4, -0.2) is 26.6 Å². The van der Waals surface area contributed by atoms with Gasteiger partial charge in [-0.15, -0.1) is 5.10 Å². The number of aromatic hydroxyl groups is 1. The van der Waals surface area contributed by atoms with E-state index in [1.54, 1.807) is 0 Å². The van der Waals surface area contributed by atoms with Crippen LogP contribution in [0.25, 0.3) is 21.8 Å². The normalized spacial score (nSPS) is 16.4. The summed E-state index contributed by atoms with van der Waals surface area (Å²) in [5.41, 5.74) is 4.23. The number of hydrogen-bond acceptors (Lipinski definition) is 4. The van der Waals surface area contributed by atoms with E-state index in [2.05, 4.69) is 21.7 Å². The largest absolute Gasteiger partial charge is 0.507 e. The lowest BCUT2D eigenvalue weighted by Crippen LogP contribution is -2.12. The van der Waals surface area contributed by atoms with Crippen molar-refractivity contribution in [3.63, 3.8) is 0 Å². The van der Waals surface area contributed by atoms with Crippen molar-refractivity contribution in [2.45, 2.75) is 12.5 Å². The summed E-state index contributed by atoms with van der Waals surface area (Å²) < 4.78 is 1.97. The van der Waals surface area contributed by atoms with Crippen molar-refractivity contribution in [2.24, 2.45) is 0 Å². The van der Waals surface area contributed by atoms with Crippen LogP contribution in [0.1, 0.15) is 11.5 Å². The van der Waals surface area contributed by atoms with Gasteiger partial charge in [-0.3, -0.25) is 0 Å². The third-order valence-corrected chi connectivity index (χ3v) is 4.83. The predicted octanol–water partition coefficient (Wildman–Crippen LogP) is 3.50. The van der Waals surface area contributed by atoms with Gasteiger partial charge in [0.15, 0.2) is 0 Å². The summed E-state index contributed by atoms with van der Waals surface area (Å²) in [6, 6.07) is 17.9. The average molecular weight is 316 g/mol. The average Bonchev–Trinajstić information content (AvgIpc) is 3.20. The minimum Gasteiger partial charge on any atom is -0.507 e. The Morgan fingerprint density at radius 2 is 1.88 bits per heavy atom. The summed E-state index contributed by atoms with van der Waals surface area (Å²) in [5.74, 6) is 0.610. The molecule has 0 saturated heterocycles. The van der Waals surface area contributed by atoms with E-state index in [1.807, 2.05) is 53.2 Å². The highest BCUT2D eigenvalue weighted by atomic mass is 16.3. The molecule has 5 heteroatoms. The molecule has 0 unspecified atom stereocenters. The summed E-state index contributed by atoms with van der Waals surface area (Å²) in [5, 5.41) is 24.2. The number of nitrogens with zero attached hydrogens (tertiary/aromatic N) is 3. The molecular formula is C19H16N4O. The van der Waals surface area contributed by atoms with E-state index in [0.717, 1.165) is 40.6 Å². The van der Waals surface area contributed by atoms with Gasteiger partial charge in [0.1, 0.15) is 11.3 Å². The van der Waals surface area contributed by atoms with E-state index in [1.165, 1.54) is 5.56 Å². The standard InChI is InChI=1S/C19H16N4O/c24-18-9-16-19(14-6-2-1-5-13(14)18)12(10-20-16)11-23-17-8-4-3-7-15(17)21-22-23/h1-9,12,20,24H,10-11H2/t12-/m0/s1. The molecular weight excluding hydrogens is 300 g/mol. The fourth-order valence-corrected chi connectivity index (χ4v) is 3.72. The molecule has 0 fully saturated rings. The second-order valence-corrected chi connectivity index (χ2v) is 6.24. The zero-order valence-electron chi connectivity index (χ0n) is 13.0. The molecule has 4 aromatic rings. The van der Waals surface area contributed by atoms with Crippen molar-refractivity contribution < 1.29 is 5.11 Å². The Hall–Kier alpha value is -3.08. The molecule has 2 heterocycles. The molecule has 1 aromatic heterocycles. The number of phenols is 1. The van der Waals surface area contributed by atoms with Crippen molar-refractivity contribution in [3.05, 3.63) is 60.2 Å². The third kappa shape index (κ3) is 1.88. The van der Waals surface area contributed by atoms with E-state index in [4.69, 9.17) is 0 Å². The topological polar surface area (TPSA) is 63.0 Å². The minimum atomic E-state index is 0.288. The van der Waals surface area contributed by atoms with E-state index in [9.17, 15) is 5.11 Å². The molecule has 0 amide bonds. The Morgan fingerprint density at radius 1 is 1.08 bits per heavy atom. The monoisotopic (exact) mass is 316 g/mol. The van der Waals surface area contributed by atoms with Gasteiger partial charge in [0.2, 0.25) is 0 Å². The van der Waals surface area contributed by atoms with Gasteiger partial charge in [0.05, 0.1) is 12.1 Å². The lowest BCUT2D eigenvalue weighted by Gasteiger charge is -2.14. The summed E-state index contributed by atoms with van der Waals surface area (Å²) >= 11 is 0. The Morgan fingerprint density at radius 3 is 2.79 bits per heavy atom. The SMILES string of the molecule is Oc1cc2c(c3ccccc13)[C@H](Cn1nnc3ccccc31)CN2. The van der Waals surface area contributed by atoms with Gasteiger partial charge in [-0.1, -0.05) is 41.6 Å². The Balaban J connectivity index is 1.63. The van der Waals surface area contributed by atoms with Gasteiger partial charge in [0, 0.05) is 29.6 Å². The van der Waals surface area contributed by atoms with Crippen molar-refractivity contribution in [3.8, 4) is 5.75 Å². The first-order chi connectivity index (χ1) is 11.8. The maximum Gasteiger partial charge on any atom is 0.125 e. The maximum absolute atomic E-state index is 10.3. The second kappa shape index (κ2) is 4.96. The van der Waals surface area contributed by atoms with Crippen LogP contribution in [0.4, 0.5) is 5.69 Å². The Kier molecular flexibility index (Phi) is 2.76. The van der Waals surface area contributed by atoms with Gasteiger partial charge < -0.3 is 10.4 Å². The fraction of sp³-hybridized carbons (Fsp3) is 0.158. The summed E-state index contributed by atoms with van der Waals surface area (Å²) in [6.45, 7) is 1.59. The highest BCUT2D eigenvalue weighted by Crippen LogP contribution is 2.42. The van der Waals surface area contributed by atoms with Crippen LogP contribution in [0, 0.1) is 0 Å². The molecule has 1 aliphatic rings. The van der Waals surface area contributed by atoms with Gasteiger partial charge in [-0.25, -0.2) is 4.68 Å². The summed E-state index contributed by atoms with van der Waals surface area (Å²) in [6.07, 6.45) is 0. The molecule has 0 saturated carbocycles. The van der Waals surface area contributed by atoms with Crippen LogP contribution in [-0.2, 0) is 6.54 Å². The van der Waals surface area contributed by atoms with Crippen LogP contribution < -0.4 is 5.32 Å². The van der Waals surface area contributed by atoms with Crippen molar-refractivity contribution >= 4 is 27.5 Å². The van der Waals surface area contributed by atoms with E-state index < -0.39 is 0 Å². The zero-order valence-corrected chi connectivity index (χ0v) is 13.0. The quantitative estimate of drug-likeness (QED) is 0.594. The number of hydrogen-bond donors (Lipinski definition) is 2. The first-order valence-electron chi connectivity index (χ1n) is 8.08. The van der Waals surface area contributed by atoms with E-state index >= 15 is 0 Å². The molecule has 5 rings (SSSR count). The Labute approximate surface area is 138 Å². The van der Waals surface area contributed by atoms with Crippen LogP contribution in [0.5, 0.6) is 5.75 Å². The van der Waals surface area contributed by atoms with Crippen molar-refractivity contribution in [1.82, 2.24) is 15.0 Å². The van der Waals surface area contributed by atoms with Crippen LogP contribution in [0.3, 0.4) is 0 Å². The number of anilines is 1. The lowest BCUT2D eigenvalue weighted by molar-refractivity contribution is 0.482. The van der Waals surface area contributed by atoms with E-state index in [-0.39, 0.29) is 5.92 Å². The predicted molar refractivity (Wildman–Crippen MR) is 94.4 cm³/mol. The molecule has 0 aliphatic carbocycles. The fourth-order valence-electron chi connectivity index (χ4n) is 3.72. The molecule has 0 bridgehead atoms. The first kappa shape index (κ1) is 13.4. The molecule has 1 aliphatic heterocycles. The highest BCUT2D eigenvalue weighted by molar-refractivity contribution is 5.96. The molecule has 5 nitrogen and oxygen atoms in total. The number of nitrogens with one attached hydrogen (secondary N) is 1. The Bertz CT molecular complexity index is 1070. The lowest BCUT2D eigenvalue weighted by atomic mass is 9.94. The molecule has 3 aromatic carbocycles. The van der Waals surface area contributed by atoms with Crippen LogP contribution >= 0.6 is 0 Å². The number of rotatable bonds is 2. The molecule has 118 valence electrons. The van der Waals surface area contributed by atoms with Gasteiger partial charge >= 0.3 is 0 Å². The molecule has 1 atom stereocenters. The van der Waals surface area contributed by atoms with Crippen molar-refractivity contribution in [2.75, 3.05) is 11.9 Å². The maximum atomic E-state index is 10.3. The van der Waals surface area contributed by atoms with Gasteiger partial charge in [0.25, 0.3) is 0 Å². The van der Waals surface area contributed by atoms with Gasteiger partial charge in [-0.05, 0) is 23.1 Å². The molecule has 2 N–H and O–H groups in total. The number of aromatic nitrogens is 3. The van der Waals surface area contributed by atoms with Crippen LogP contribution in [0.15, 0.2) is 54.6 Å². The smallest absolute Gasteiger partial charge is 0.125 e. The van der Waals surface area contributed by atoms with Crippen LogP contribution in [0.2, 0.25) is 0 Å². The highest BCUT2D eigenvalue weighted by Gasteiger charge is 2.27. The summed E-state index contributed by atoms with van der Waals surface area (Å²) in [7, 11) is 0. The molecule has 0 spiro atoms. The number of fused-ring (bicyclic) bond motifs is 4. The summed E-state index contributed by atoms with van der Waals surface area (Å²) in [4.78, 5) is 0. The van der Waals surface area contributed by atoms with E-state index in [0.29, 0.717) is 5.75 Å².